The van der Waals surface area contributed by atoms with Crippen LogP contribution in [0.2, 0.25) is 0 Å². The van der Waals surface area contributed by atoms with E-state index in [1.54, 1.807) is 76.2 Å². The average Bonchev–Trinajstić information content (AvgIpc) is 3.23. The molecule has 0 fully saturated rings. The summed E-state index contributed by atoms with van der Waals surface area (Å²) < 4.78 is 57.5. The lowest BCUT2D eigenvalue weighted by molar-refractivity contribution is -0.141. The molecule has 188 valence electrons. The van der Waals surface area contributed by atoms with Gasteiger partial charge in [-0.2, -0.15) is 18.3 Å². The van der Waals surface area contributed by atoms with Crippen LogP contribution in [0.15, 0.2) is 54.6 Å². The van der Waals surface area contributed by atoms with Crippen LogP contribution in [-0.2, 0) is 10.9 Å². The number of aromatic nitrogens is 2. The highest BCUT2D eigenvalue weighted by Gasteiger charge is 2.35. The Morgan fingerprint density at radius 2 is 1.63 bits per heavy atom. The molecule has 0 aliphatic heterocycles. The molecule has 0 bridgehead atoms. The molecule has 0 aliphatic carbocycles. The summed E-state index contributed by atoms with van der Waals surface area (Å²) in [4.78, 5) is 11.9. The Morgan fingerprint density at radius 3 is 2.17 bits per heavy atom. The number of rotatable bonds is 7. The zero-order chi connectivity index (χ0) is 25.8. The number of alkyl carbamates (subject to hydrolysis) is 1. The smallest absolute Gasteiger partial charge is 0.435 e. The minimum absolute atomic E-state index is 0.181. The summed E-state index contributed by atoms with van der Waals surface area (Å²) in [7, 11) is 1.51. The Kier molecular flexibility index (Phi) is 7.62. The van der Waals surface area contributed by atoms with Crippen LogP contribution in [0, 0.1) is 0 Å². The van der Waals surface area contributed by atoms with Crippen molar-refractivity contribution < 1.29 is 32.2 Å². The highest BCUT2D eigenvalue weighted by Crippen LogP contribution is 2.34. The largest absolute Gasteiger partial charge is 0.497 e. The second-order valence-electron chi connectivity index (χ2n) is 8.91. The summed E-state index contributed by atoms with van der Waals surface area (Å²) in [5.74, 6) is 1.08. The Balaban J connectivity index is 1.75. The number of hydrogen-bond acceptors (Lipinski definition) is 5. The summed E-state index contributed by atoms with van der Waals surface area (Å²) in [5.41, 5.74) is -0.348. The topological polar surface area (TPSA) is 74.6 Å². The minimum atomic E-state index is -4.59. The Labute approximate surface area is 201 Å². The van der Waals surface area contributed by atoms with Gasteiger partial charge in [0.15, 0.2) is 5.69 Å². The van der Waals surface area contributed by atoms with Crippen LogP contribution in [0.3, 0.4) is 0 Å². The summed E-state index contributed by atoms with van der Waals surface area (Å²) in [5, 5.41) is 6.47. The number of hydrogen-bond donors (Lipinski definition) is 1. The van der Waals surface area contributed by atoms with Crippen molar-refractivity contribution in [2.24, 2.45) is 0 Å². The van der Waals surface area contributed by atoms with E-state index in [-0.39, 0.29) is 18.3 Å². The molecule has 1 atom stereocenters. The van der Waals surface area contributed by atoms with Gasteiger partial charge in [0.05, 0.1) is 24.5 Å². The first-order chi connectivity index (χ1) is 16.4. The number of ether oxygens (including phenoxy) is 3. The molecule has 0 saturated carbocycles. The van der Waals surface area contributed by atoms with Crippen LogP contribution in [0.25, 0.3) is 16.9 Å². The fourth-order valence-corrected chi connectivity index (χ4v) is 3.14. The van der Waals surface area contributed by atoms with E-state index in [2.05, 4.69) is 10.4 Å². The van der Waals surface area contributed by atoms with Crippen LogP contribution < -0.4 is 14.8 Å². The molecule has 0 saturated heterocycles. The van der Waals surface area contributed by atoms with Gasteiger partial charge < -0.3 is 19.5 Å². The number of methoxy groups -OCH3 is 1. The van der Waals surface area contributed by atoms with Crippen molar-refractivity contribution in [2.45, 2.75) is 45.5 Å². The van der Waals surface area contributed by atoms with Crippen LogP contribution in [0.5, 0.6) is 11.5 Å². The molecular formula is C25H28F3N3O4. The Morgan fingerprint density at radius 1 is 1.03 bits per heavy atom. The molecule has 1 amide bonds. The third kappa shape index (κ3) is 7.14. The van der Waals surface area contributed by atoms with Crippen molar-refractivity contribution in [1.29, 1.82) is 0 Å². The molecule has 0 spiro atoms. The quantitative estimate of drug-likeness (QED) is 0.448. The van der Waals surface area contributed by atoms with Gasteiger partial charge in [0.1, 0.15) is 23.7 Å². The van der Waals surface area contributed by atoms with Crippen LogP contribution in [0.1, 0.15) is 33.4 Å². The third-order valence-corrected chi connectivity index (χ3v) is 4.73. The van der Waals surface area contributed by atoms with Gasteiger partial charge in [-0.1, -0.05) is 0 Å². The summed E-state index contributed by atoms with van der Waals surface area (Å²) >= 11 is 0. The second kappa shape index (κ2) is 10.3. The van der Waals surface area contributed by atoms with E-state index in [0.29, 0.717) is 22.7 Å². The van der Waals surface area contributed by atoms with E-state index in [0.717, 1.165) is 6.07 Å². The second-order valence-corrected chi connectivity index (χ2v) is 8.91. The molecule has 7 nitrogen and oxygen atoms in total. The van der Waals surface area contributed by atoms with Gasteiger partial charge >= 0.3 is 12.3 Å². The van der Waals surface area contributed by atoms with Crippen molar-refractivity contribution in [3.05, 3.63) is 60.3 Å². The van der Waals surface area contributed by atoms with Crippen molar-refractivity contribution in [3.63, 3.8) is 0 Å². The van der Waals surface area contributed by atoms with Crippen molar-refractivity contribution in [3.8, 4) is 28.4 Å². The molecule has 1 aromatic heterocycles. The monoisotopic (exact) mass is 491 g/mol. The van der Waals surface area contributed by atoms with Gasteiger partial charge in [-0.15, -0.1) is 0 Å². The van der Waals surface area contributed by atoms with Crippen molar-refractivity contribution in [2.75, 3.05) is 13.7 Å². The van der Waals surface area contributed by atoms with Gasteiger partial charge in [-0.3, -0.25) is 0 Å². The first-order valence-corrected chi connectivity index (χ1v) is 10.9. The predicted octanol–water partition coefficient (Wildman–Crippen LogP) is 5.86. The number of amides is 1. The number of benzene rings is 2. The lowest BCUT2D eigenvalue weighted by atomic mass is 10.1. The van der Waals surface area contributed by atoms with E-state index in [9.17, 15) is 18.0 Å². The first-order valence-electron chi connectivity index (χ1n) is 10.9. The number of nitrogens with zero attached hydrogens (tertiary/aromatic N) is 2. The van der Waals surface area contributed by atoms with Crippen LogP contribution in [-0.4, -0.2) is 41.2 Å². The standard InChI is InChI=1S/C25H28F3N3O4/c1-16(29-23(32)35-24(2,3)4)15-34-20-10-6-17(7-11-20)21-14-22(25(26,27)28)30-31(21)18-8-12-19(33-5)13-9-18/h6-14,16H,15H2,1-5H3,(H,29,32)/t16-/m0/s1. The SMILES string of the molecule is COc1ccc(-n2nc(C(F)(F)F)cc2-c2ccc(OC[C@H](C)NC(=O)OC(C)(C)C)cc2)cc1. The number of nitrogens with one attached hydrogen (secondary N) is 1. The Hall–Kier alpha value is -3.69. The Bertz CT molecular complexity index is 1130. The zero-order valence-electron chi connectivity index (χ0n) is 20.1. The molecule has 1 N–H and O–H groups in total. The molecule has 10 heteroatoms. The molecule has 35 heavy (non-hydrogen) atoms. The number of carbonyl (C=O) groups excluding carboxylic acids is 1. The fraction of sp³-hybridized carbons (Fsp3) is 0.360. The summed E-state index contributed by atoms with van der Waals surface area (Å²) in [6.07, 6.45) is -5.14. The molecule has 0 radical (unpaired) electrons. The first kappa shape index (κ1) is 25.9. The van der Waals surface area contributed by atoms with E-state index in [1.807, 2.05) is 0 Å². The molecule has 0 aliphatic rings. The molecule has 1 heterocycles. The van der Waals surface area contributed by atoms with E-state index >= 15 is 0 Å². The molecule has 3 aromatic rings. The van der Waals surface area contributed by atoms with E-state index < -0.39 is 23.6 Å². The molecule has 2 aromatic carbocycles. The minimum Gasteiger partial charge on any atom is -0.497 e. The molecule has 3 rings (SSSR count). The number of carbonyl (C=O) groups is 1. The van der Waals surface area contributed by atoms with Gasteiger partial charge in [-0.05, 0) is 82.3 Å². The van der Waals surface area contributed by atoms with Crippen LogP contribution in [0.4, 0.5) is 18.0 Å². The van der Waals surface area contributed by atoms with Gasteiger partial charge in [-0.25, -0.2) is 9.48 Å². The summed E-state index contributed by atoms with van der Waals surface area (Å²) in [6.45, 7) is 7.26. The van der Waals surface area contributed by atoms with Gasteiger partial charge in [0.25, 0.3) is 0 Å². The molecular weight excluding hydrogens is 463 g/mol. The normalized spacial score (nSPS) is 12.7. The van der Waals surface area contributed by atoms with E-state index in [4.69, 9.17) is 14.2 Å². The maximum absolute atomic E-state index is 13.4. The number of alkyl halides is 3. The lowest BCUT2D eigenvalue weighted by Gasteiger charge is -2.22. The number of halogens is 3. The van der Waals surface area contributed by atoms with Crippen molar-refractivity contribution >= 4 is 6.09 Å². The van der Waals surface area contributed by atoms with Gasteiger partial charge in [0, 0.05) is 5.56 Å². The third-order valence-electron chi connectivity index (χ3n) is 4.73. The maximum Gasteiger partial charge on any atom is 0.435 e. The lowest BCUT2D eigenvalue weighted by Crippen LogP contribution is -2.40. The fourth-order valence-electron chi connectivity index (χ4n) is 3.14. The van der Waals surface area contributed by atoms with E-state index in [1.165, 1.54) is 11.8 Å². The average molecular weight is 492 g/mol. The zero-order valence-corrected chi connectivity index (χ0v) is 20.1. The predicted molar refractivity (Wildman–Crippen MR) is 125 cm³/mol. The van der Waals surface area contributed by atoms with Crippen molar-refractivity contribution in [1.82, 2.24) is 15.1 Å². The highest BCUT2D eigenvalue weighted by atomic mass is 19.4. The highest BCUT2D eigenvalue weighted by molar-refractivity contribution is 5.68. The van der Waals surface area contributed by atoms with Gasteiger partial charge in [0.2, 0.25) is 0 Å². The molecule has 0 unspecified atom stereocenters. The van der Waals surface area contributed by atoms with Crippen LogP contribution >= 0.6 is 0 Å². The summed E-state index contributed by atoms with van der Waals surface area (Å²) in [6, 6.07) is 13.8. The maximum atomic E-state index is 13.4.